The molecular formula is C15H16ClNO2. The van der Waals surface area contributed by atoms with Crippen molar-refractivity contribution >= 4 is 23.2 Å². The first-order valence-corrected chi connectivity index (χ1v) is 6.52. The van der Waals surface area contributed by atoms with Crippen molar-refractivity contribution in [1.29, 1.82) is 0 Å². The number of nitrogens with one attached hydrogen (secondary N) is 1. The summed E-state index contributed by atoms with van der Waals surface area (Å²) in [6.07, 6.45) is 1.40. The van der Waals surface area contributed by atoms with E-state index in [1.165, 1.54) is 6.26 Å². The molecule has 3 nitrogen and oxygen atoms in total. The van der Waals surface area contributed by atoms with Gasteiger partial charge in [-0.1, -0.05) is 32.0 Å². The Labute approximate surface area is 117 Å². The second kappa shape index (κ2) is 5.49. The minimum Gasteiger partial charge on any atom is -0.452 e. The molecule has 100 valence electrons. The predicted octanol–water partition coefficient (Wildman–Crippen LogP) is 4.62. The van der Waals surface area contributed by atoms with Crippen molar-refractivity contribution in [3.8, 4) is 0 Å². The average Bonchev–Trinajstić information content (AvgIpc) is 2.77. The lowest BCUT2D eigenvalue weighted by Gasteiger charge is -2.16. The zero-order chi connectivity index (χ0) is 14.0. The number of hydrogen-bond donors (Lipinski definition) is 1. The molecule has 0 saturated heterocycles. The first kappa shape index (κ1) is 13.7. The van der Waals surface area contributed by atoms with Crippen molar-refractivity contribution in [2.45, 2.75) is 26.7 Å². The molecule has 0 fully saturated rings. The molecule has 1 aromatic carbocycles. The van der Waals surface area contributed by atoms with E-state index in [0.717, 1.165) is 16.8 Å². The molecule has 2 rings (SSSR count). The van der Waals surface area contributed by atoms with Crippen molar-refractivity contribution in [3.05, 3.63) is 52.4 Å². The molecular weight excluding hydrogens is 262 g/mol. The van der Waals surface area contributed by atoms with Gasteiger partial charge < -0.3 is 9.73 Å². The van der Waals surface area contributed by atoms with Crippen LogP contribution in [-0.4, -0.2) is 5.91 Å². The summed E-state index contributed by atoms with van der Waals surface area (Å²) in [5, 5.41) is 3.03. The van der Waals surface area contributed by atoms with Crippen LogP contribution < -0.4 is 5.32 Å². The summed E-state index contributed by atoms with van der Waals surface area (Å²) < 4.78 is 4.94. The van der Waals surface area contributed by atoms with Gasteiger partial charge in [0.25, 0.3) is 5.91 Å². The van der Waals surface area contributed by atoms with Gasteiger partial charge in [-0.3, -0.25) is 4.79 Å². The summed E-state index contributed by atoms with van der Waals surface area (Å²) in [6.45, 7) is 6.16. The van der Waals surface area contributed by atoms with E-state index in [4.69, 9.17) is 16.0 Å². The van der Waals surface area contributed by atoms with Crippen molar-refractivity contribution in [2.24, 2.45) is 0 Å². The van der Waals surface area contributed by atoms with Crippen LogP contribution in [0.4, 0.5) is 5.69 Å². The van der Waals surface area contributed by atoms with Crippen LogP contribution in [-0.2, 0) is 0 Å². The lowest BCUT2D eigenvalue weighted by atomic mass is 9.98. The van der Waals surface area contributed by atoms with Gasteiger partial charge in [0.1, 0.15) is 0 Å². The van der Waals surface area contributed by atoms with Gasteiger partial charge in [0, 0.05) is 5.69 Å². The number of benzene rings is 1. The van der Waals surface area contributed by atoms with Crippen molar-refractivity contribution < 1.29 is 9.21 Å². The molecule has 0 aliphatic heterocycles. The molecule has 1 heterocycles. The molecule has 0 unspecified atom stereocenters. The second-order valence-electron chi connectivity index (χ2n) is 4.76. The van der Waals surface area contributed by atoms with E-state index in [9.17, 15) is 4.79 Å². The highest BCUT2D eigenvalue weighted by Crippen LogP contribution is 2.28. The summed E-state index contributed by atoms with van der Waals surface area (Å²) in [7, 11) is 0. The fourth-order valence-corrected chi connectivity index (χ4v) is 2.18. The van der Waals surface area contributed by atoms with E-state index >= 15 is 0 Å². The number of rotatable bonds is 3. The van der Waals surface area contributed by atoms with Gasteiger partial charge in [0.2, 0.25) is 5.22 Å². The van der Waals surface area contributed by atoms with Gasteiger partial charge in [0.15, 0.2) is 0 Å². The largest absolute Gasteiger partial charge is 0.452 e. The quantitative estimate of drug-likeness (QED) is 0.890. The van der Waals surface area contributed by atoms with Crippen molar-refractivity contribution in [2.75, 3.05) is 5.32 Å². The highest BCUT2D eigenvalue weighted by Gasteiger charge is 2.16. The maximum absolute atomic E-state index is 12.2. The molecule has 0 radical (unpaired) electrons. The molecule has 2 aromatic rings. The van der Waals surface area contributed by atoms with E-state index in [1.807, 2.05) is 25.1 Å². The fourth-order valence-electron chi connectivity index (χ4n) is 1.98. The van der Waals surface area contributed by atoms with E-state index in [0.29, 0.717) is 11.5 Å². The Morgan fingerprint density at radius 1 is 1.32 bits per heavy atom. The van der Waals surface area contributed by atoms with Crippen LogP contribution in [0.5, 0.6) is 0 Å². The number of aryl methyl sites for hydroxylation is 1. The maximum atomic E-state index is 12.2. The van der Waals surface area contributed by atoms with Gasteiger partial charge in [-0.25, -0.2) is 0 Å². The number of carbonyl (C=O) groups is 1. The zero-order valence-corrected chi connectivity index (χ0v) is 11.9. The molecule has 0 spiro atoms. The van der Waals surface area contributed by atoms with Crippen molar-refractivity contribution in [3.63, 3.8) is 0 Å². The van der Waals surface area contributed by atoms with E-state index in [-0.39, 0.29) is 11.1 Å². The molecule has 0 saturated carbocycles. The summed E-state index contributed by atoms with van der Waals surface area (Å²) >= 11 is 5.82. The van der Waals surface area contributed by atoms with Crippen LogP contribution in [0.25, 0.3) is 0 Å². The van der Waals surface area contributed by atoms with Gasteiger partial charge in [-0.15, -0.1) is 0 Å². The Kier molecular flexibility index (Phi) is 3.96. The molecule has 1 amide bonds. The highest BCUT2D eigenvalue weighted by atomic mass is 35.5. The SMILES string of the molecule is Cc1cccc(C(C)C)c1NC(=O)c1ccoc1Cl. The number of carbonyl (C=O) groups excluding carboxylic acids is 1. The Bertz CT molecular complexity index is 602. The first-order valence-electron chi connectivity index (χ1n) is 6.14. The maximum Gasteiger partial charge on any atom is 0.260 e. The Balaban J connectivity index is 2.34. The monoisotopic (exact) mass is 277 g/mol. The summed E-state index contributed by atoms with van der Waals surface area (Å²) in [5.41, 5.74) is 3.33. The Hall–Kier alpha value is -1.74. The van der Waals surface area contributed by atoms with Crippen LogP contribution in [0.1, 0.15) is 41.3 Å². The molecule has 4 heteroatoms. The zero-order valence-electron chi connectivity index (χ0n) is 11.2. The van der Waals surface area contributed by atoms with Crippen molar-refractivity contribution in [1.82, 2.24) is 0 Å². The van der Waals surface area contributed by atoms with Crippen LogP contribution in [0, 0.1) is 6.92 Å². The smallest absolute Gasteiger partial charge is 0.260 e. The van der Waals surface area contributed by atoms with Gasteiger partial charge in [0.05, 0.1) is 11.8 Å². The topological polar surface area (TPSA) is 42.2 Å². The normalized spacial score (nSPS) is 10.8. The number of furan rings is 1. The molecule has 19 heavy (non-hydrogen) atoms. The number of halogens is 1. The molecule has 1 N–H and O–H groups in total. The average molecular weight is 278 g/mol. The number of amides is 1. The van der Waals surface area contributed by atoms with Crippen LogP contribution in [0.2, 0.25) is 5.22 Å². The molecule has 0 aliphatic carbocycles. The second-order valence-corrected chi connectivity index (χ2v) is 5.10. The van der Waals surface area contributed by atoms with Crippen LogP contribution >= 0.6 is 11.6 Å². The van der Waals surface area contributed by atoms with Gasteiger partial charge >= 0.3 is 0 Å². The summed E-state index contributed by atoms with van der Waals surface area (Å²) in [4.78, 5) is 12.2. The number of para-hydroxylation sites is 1. The third-order valence-electron chi connectivity index (χ3n) is 3.03. The van der Waals surface area contributed by atoms with Crippen LogP contribution in [0.3, 0.4) is 0 Å². The lowest BCUT2D eigenvalue weighted by molar-refractivity contribution is 0.102. The van der Waals surface area contributed by atoms with Gasteiger partial charge in [-0.2, -0.15) is 0 Å². The Morgan fingerprint density at radius 2 is 2.05 bits per heavy atom. The highest BCUT2D eigenvalue weighted by molar-refractivity contribution is 6.32. The first-order chi connectivity index (χ1) is 9.00. The lowest BCUT2D eigenvalue weighted by Crippen LogP contribution is -2.14. The Morgan fingerprint density at radius 3 is 2.63 bits per heavy atom. The summed E-state index contributed by atoms with van der Waals surface area (Å²) in [5.74, 6) is 0.0740. The third-order valence-corrected chi connectivity index (χ3v) is 3.32. The molecule has 0 bridgehead atoms. The van der Waals surface area contributed by atoms with Gasteiger partial charge in [-0.05, 0) is 41.6 Å². The van der Waals surface area contributed by atoms with E-state index < -0.39 is 0 Å². The van der Waals surface area contributed by atoms with E-state index in [1.54, 1.807) is 6.07 Å². The minimum absolute atomic E-state index is 0.109. The molecule has 1 aromatic heterocycles. The van der Waals surface area contributed by atoms with E-state index in [2.05, 4.69) is 19.2 Å². The fraction of sp³-hybridized carbons (Fsp3) is 0.267. The van der Waals surface area contributed by atoms with Crippen LogP contribution in [0.15, 0.2) is 34.9 Å². The third kappa shape index (κ3) is 2.82. The predicted molar refractivity (Wildman–Crippen MR) is 76.9 cm³/mol. The summed E-state index contributed by atoms with van der Waals surface area (Å²) in [6, 6.07) is 7.54. The molecule has 0 aliphatic rings. The standard InChI is InChI=1S/C15H16ClNO2/c1-9(2)11-6-4-5-10(3)13(11)17-15(18)12-7-8-19-14(12)16/h4-9H,1-3H3,(H,17,18). The minimum atomic E-state index is -0.255. The number of anilines is 1. The number of hydrogen-bond acceptors (Lipinski definition) is 2. The molecule has 0 atom stereocenters.